The van der Waals surface area contributed by atoms with Crippen LogP contribution in [-0.2, 0) is 6.42 Å². The number of carbonyl (C=O) groups excluding carboxylic acids is 1. The predicted octanol–water partition coefficient (Wildman–Crippen LogP) is 2.47. The number of rotatable bonds is 4. The van der Waals surface area contributed by atoms with Crippen LogP contribution in [0.5, 0.6) is 0 Å². The van der Waals surface area contributed by atoms with Crippen LogP contribution in [0.4, 0.5) is 0 Å². The molecule has 1 amide bonds. The van der Waals surface area contributed by atoms with E-state index in [4.69, 9.17) is 5.11 Å². The Labute approximate surface area is 139 Å². The molecule has 122 valence electrons. The van der Waals surface area contributed by atoms with Crippen molar-refractivity contribution in [2.75, 3.05) is 0 Å². The molecule has 24 heavy (non-hydrogen) atoms. The number of amides is 1. The minimum atomic E-state index is -1.15. The minimum Gasteiger partial charge on any atom is -0.476 e. The number of carboxylic acid groups (broad SMARTS) is 1. The van der Waals surface area contributed by atoms with Gasteiger partial charge in [-0.05, 0) is 36.8 Å². The Morgan fingerprint density at radius 3 is 2.42 bits per heavy atom. The third-order valence-electron chi connectivity index (χ3n) is 4.70. The van der Waals surface area contributed by atoms with Crippen LogP contribution in [0.15, 0.2) is 36.7 Å². The van der Waals surface area contributed by atoms with Gasteiger partial charge in [-0.3, -0.25) is 4.79 Å². The Hall–Kier alpha value is -2.76. The van der Waals surface area contributed by atoms with Crippen molar-refractivity contribution in [1.29, 1.82) is 0 Å². The molecule has 1 aromatic heterocycles. The smallest absolute Gasteiger partial charge is 0.356 e. The van der Waals surface area contributed by atoms with Gasteiger partial charge < -0.3 is 10.0 Å². The second kappa shape index (κ2) is 5.70. The molecule has 0 radical (unpaired) electrons. The van der Waals surface area contributed by atoms with Crippen molar-refractivity contribution in [3.8, 4) is 0 Å². The van der Waals surface area contributed by atoms with Crippen LogP contribution in [-0.4, -0.2) is 37.9 Å². The number of carboxylic acids is 1. The van der Waals surface area contributed by atoms with Crippen LogP contribution in [0.25, 0.3) is 0 Å². The summed E-state index contributed by atoms with van der Waals surface area (Å²) in [5.74, 6) is -1.31. The van der Waals surface area contributed by atoms with Crippen LogP contribution in [0, 0.1) is 0 Å². The summed E-state index contributed by atoms with van der Waals surface area (Å²) in [4.78, 5) is 33.6. The van der Waals surface area contributed by atoms with Gasteiger partial charge in [-0.25, -0.2) is 14.8 Å². The molecule has 4 rings (SSSR count). The summed E-state index contributed by atoms with van der Waals surface area (Å²) in [5, 5.41) is 8.91. The van der Waals surface area contributed by atoms with E-state index in [0.29, 0.717) is 0 Å². The maximum atomic E-state index is 13.0. The molecule has 1 atom stereocenters. The molecule has 1 saturated carbocycles. The van der Waals surface area contributed by atoms with Gasteiger partial charge in [0, 0.05) is 6.04 Å². The molecule has 6 heteroatoms. The highest BCUT2D eigenvalue weighted by Crippen LogP contribution is 2.42. The zero-order valence-electron chi connectivity index (χ0n) is 13.1. The first-order valence-electron chi connectivity index (χ1n) is 8.11. The number of aryl methyl sites for hydroxylation is 1. The van der Waals surface area contributed by atoms with E-state index in [1.54, 1.807) is 0 Å². The summed E-state index contributed by atoms with van der Waals surface area (Å²) in [5.41, 5.74) is 2.56. The third-order valence-corrected chi connectivity index (χ3v) is 4.70. The highest BCUT2D eigenvalue weighted by molar-refractivity contribution is 5.93. The maximum absolute atomic E-state index is 13.0. The Kier molecular flexibility index (Phi) is 3.52. The molecule has 0 spiro atoms. The molecule has 0 aliphatic heterocycles. The first-order valence-corrected chi connectivity index (χ1v) is 8.11. The molecule has 1 heterocycles. The summed E-state index contributed by atoms with van der Waals surface area (Å²) >= 11 is 0. The first-order chi connectivity index (χ1) is 11.6. The number of nitrogens with zero attached hydrogens (tertiary/aromatic N) is 3. The number of fused-ring (bicyclic) bond motifs is 1. The number of hydrogen-bond acceptors (Lipinski definition) is 4. The number of benzene rings is 1. The molecule has 2 aliphatic carbocycles. The van der Waals surface area contributed by atoms with Crippen molar-refractivity contribution in [1.82, 2.24) is 14.9 Å². The van der Waals surface area contributed by atoms with Gasteiger partial charge in [-0.1, -0.05) is 24.3 Å². The minimum absolute atomic E-state index is 0.0714. The average Bonchev–Trinajstić information content (AvgIpc) is 3.35. The van der Waals surface area contributed by atoms with Gasteiger partial charge in [0.15, 0.2) is 5.69 Å². The van der Waals surface area contributed by atoms with Gasteiger partial charge in [0.25, 0.3) is 5.91 Å². The summed E-state index contributed by atoms with van der Waals surface area (Å²) in [6, 6.07) is 8.56. The quantitative estimate of drug-likeness (QED) is 0.934. The van der Waals surface area contributed by atoms with Gasteiger partial charge in [-0.15, -0.1) is 0 Å². The Morgan fingerprint density at radius 1 is 1.04 bits per heavy atom. The second-order valence-corrected chi connectivity index (χ2v) is 6.29. The normalized spacial score (nSPS) is 18.9. The molecule has 1 fully saturated rings. The lowest BCUT2D eigenvalue weighted by Crippen LogP contribution is -2.36. The molecule has 0 saturated heterocycles. The van der Waals surface area contributed by atoms with Gasteiger partial charge in [0.2, 0.25) is 0 Å². The fourth-order valence-electron chi connectivity index (χ4n) is 3.42. The van der Waals surface area contributed by atoms with E-state index in [-0.39, 0.29) is 29.4 Å². The highest BCUT2D eigenvalue weighted by atomic mass is 16.4. The van der Waals surface area contributed by atoms with Gasteiger partial charge in [0.1, 0.15) is 5.69 Å². The summed E-state index contributed by atoms with van der Waals surface area (Å²) in [6.07, 6.45) is 6.31. The number of carbonyl (C=O) groups is 2. The van der Waals surface area contributed by atoms with E-state index >= 15 is 0 Å². The monoisotopic (exact) mass is 323 g/mol. The highest BCUT2D eigenvalue weighted by Gasteiger charge is 2.41. The van der Waals surface area contributed by atoms with Crippen molar-refractivity contribution in [3.05, 3.63) is 59.2 Å². The third kappa shape index (κ3) is 2.54. The first kappa shape index (κ1) is 14.8. The fourth-order valence-corrected chi connectivity index (χ4v) is 3.42. The van der Waals surface area contributed by atoms with E-state index in [1.807, 2.05) is 17.0 Å². The van der Waals surface area contributed by atoms with Crippen LogP contribution in [0.1, 0.15) is 57.4 Å². The lowest BCUT2D eigenvalue weighted by atomic mass is 10.1. The van der Waals surface area contributed by atoms with E-state index in [0.717, 1.165) is 31.9 Å². The van der Waals surface area contributed by atoms with Crippen LogP contribution in [0.2, 0.25) is 0 Å². The summed E-state index contributed by atoms with van der Waals surface area (Å²) < 4.78 is 0. The lowest BCUT2D eigenvalue weighted by Gasteiger charge is -2.29. The van der Waals surface area contributed by atoms with Crippen molar-refractivity contribution in [2.45, 2.75) is 37.8 Å². The summed E-state index contributed by atoms with van der Waals surface area (Å²) in [7, 11) is 0. The predicted molar refractivity (Wildman–Crippen MR) is 85.7 cm³/mol. The SMILES string of the molecule is O=C(O)c1cnc(C(=O)N(C2CC2)C2CCc3ccccc32)cn1. The largest absolute Gasteiger partial charge is 0.476 e. The molecule has 2 aromatic rings. The topological polar surface area (TPSA) is 83.4 Å². The molecule has 2 aliphatic rings. The van der Waals surface area contributed by atoms with Crippen molar-refractivity contribution < 1.29 is 14.7 Å². The Balaban J connectivity index is 1.64. The molecule has 1 unspecified atom stereocenters. The van der Waals surface area contributed by atoms with Gasteiger partial charge in [-0.2, -0.15) is 0 Å². The molecule has 6 nitrogen and oxygen atoms in total. The molecule has 1 aromatic carbocycles. The maximum Gasteiger partial charge on any atom is 0.356 e. The fraction of sp³-hybridized carbons (Fsp3) is 0.333. The van der Waals surface area contributed by atoms with Crippen molar-refractivity contribution in [2.24, 2.45) is 0 Å². The van der Waals surface area contributed by atoms with Crippen LogP contribution in [0.3, 0.4) is 0 Å². The molecule has 0 bridgehead atoms. The van der Waals surface area contributed by atoms with Crippen molar-refractivity contribution in [3.63, 3.8) is 0 Å². The molecular formula is C18H17N3O3. The van der Waals surface area contributed by atoms with Crippen molar-refractivity contribution >= 4 is 11.9 Å². The number of aromatic nitrogens is 2. The summed E-state index contributed by atoms with van der Waals surface area (Å²) in [6.45, 7) is 0. The second-order valence-electron chi connectivity index (χ2n) is 6.29. The van der Waals surface area contributed by atoms with E-state index in [2.05, 4.69) is 22.1 Å². The van der Waals surface area contributed by atoms with Gasteiger partial charge >= 0.3 is 5.97 Å². The van der Waals surface area contributed by atoms with Gasteiger partial charge in [0.05, 0.1) is 18.4 Å². The molecule has 1 N–H and O–H groups in total. The standard InChI is InChI=1S/C18H17N3O3/c22-17(14-9-20-15(10-19-14)18(23)24)21(12-6-7-12)16-8-5-11-3-1-2-4-13(11)16/h1-4,9-10,12,16H,5-8H2,(H,23,24). The average molecular weight is 323 g/mol. The lowest BCUT2D eigenvalue weighted by molar-refractivity contribution is 0.0644. The molecular weight excluding hydrogens is 306 g/mol. The van der Waals surface area contributed by atoms with E-state index in [1.165, 1.54) is 17.3 Å². The zero-order valence-corrected chi connectivity index (χ0v) is 13.1. The zero-order chi connectivity index (χ0) is 16.7. The Morgan fingerprint density at radius 2 is 1.75 bits per heavy atom. The Bertz CT molecular complexity index is 799. The van der Waals surface area contributed by atoms with E-state index < -0.39 is 5.97 Å². The van der Waals surface area contributed by atoms with E-state index in [9.17, 15) is 9.59 Å². The number of hydrogen-bond donors (Lipinski definition) is 1. The van der Waals surface area contributed by atoms with Crippen LogP contribution < -0.4 is 0 Å². The van der Waals surface area contributed by atoms with Crippen LogP contribution >= 0.6 is 0 Å². The number of aromatic carboxylic acids is 1.